The lowest BCUT2D eigenvalue weighted by Gasteiger charge is -2.47. The molecule has 1 aliphatic carbocycles. The highest BCUT2D eigenvalue weighted by Crippen LogP contribution is 2.33. The molecule has 1 saturated heterocycles. The minimum atomic E-state index is -0.0938. The van der Waals surface area contributed by atoms with E-state index < -0.39 is 0 Å². The van der Waals surface area contributed by atoms with Gasteiger partial charge in [-0.1, -0.05) is 36.4 Å². The van der Waals surface area contributed by atoms with Gasteiger partial charge in [-0.15, -0.1) is 0 Å². The van der Waals surface area contributed by atoms with E-state index in [1.54, 1.807) is 6.20 Å². The van der Waals surface area contributed by atoms with Gasteiger partial charge in [-0.05, 0) is 37.8 Å². The molecule has 1 amide bonds. The number of benzene rings is 1. The maximum absolute atomic E-state index is 11.5. The van der Waals surface area contributed by atoms with Gasteiger partial charge in [0, 0.05) is 47.8 Å². The number of carbonyl (C=O) groups excluding carboxylic acids is 1. The Balaban J connectivity index is 1.25. The molecule has 2 aromatic heterocycles. The van der Waals surface area contributed by atoms with Crippen LogP contribution >= 0.6 is 11.6 Å². The van der Waals surface area contributed by atoms with Gasteiger partial charge >= 0.3 is 0 Å². The average Bonchev–Trinajstić information content (AvgIpc) is 3.21. The number of para-hydroxylation sites is 1. The van der Waals surface area contributed by atoms with Crippen molar-refractivity contribution in [3.63, 3.8) is 0 Å². The molecule has 7 nitrogen and oxygen atoms in total. The molecule has 2 atom stereocenters. The third kappa shape index (κ3) is 4.23. The number of aromatic amines is 1. The van der Waals surface area contributed by atoms with E-state index in [9.17, 15) is 4.79 Å². The highest BCUT2D eigenvalue weighted by molar-refractivity contribution is 6.33. The summed E-state index contributed by atoms with van der Waals surface area (Å²) in [5.74, 6) is 0.517. The lowest BCUT2D eigenvalue weighted by molar-refractivity contribution is -0.118. The van der Waals surface area contributed by atoms with Gasteiger partial charge in [0.1, 0.15) is 0 Å². The fraction of sp³-hybridized carbons (Fsp3) is 0.375. The van der Waals surface area contributed by atoms with Crippen molar-refractivity contribution in [2.75, 3.05) is 18.4 Å². The molecule has 3 N–H and O–H groups in total. The number of fused-ring (bicyclic) bond motifs is 1. The number of carbonyl (C=O) groups is 1. The Morgan fingerprint density at radius 2 is 2.09 bits per heavy atom. The van der Waals surface area contributed by atoms with Crippen molar-refractivity contribution in [3.05, 3.63) is 54.3 Å². The number of aromatic nitrogens is 3. The van der Waals surface area contributed by atoms with Crippen molar-refractivity contribution in [2.45, 2.75) is 43.8 Å². The Labute approximate surface area is 192 Å². The lowest BCUT2D eigenvalue weighted by Crippen LogP contribution is -2.62. The second-order valence-corrected chi connectivity index (χ2v) is 9.07. The van der Waals surface area contributed by atoms with E-state index >= 15 is 0 Å². The largest absolute Gasteiger partial charge is 0.360 e. The molecule has 3 heterocycles. The van der Waals surface area contributed by atoms with Crippen molar-refractivity contribution in [1.82, 2.24) is 25.2 Å². The van der Waals surface area contributed by atoms with E-state index in [2.05, 4.69) is 38.1 Å². The zero-order chi connectivity index (χ0) is 22.1. The summed E-state index contributed by atoms with van der Waals surface area (Å²) in [6, 6.07) is 9.18. The lowest BCUT2D eigenvalue weighted by atomic mass is 9.88. The number of anilines is 1. The molecular weight excluding hydrogens is 424 g/mol. The fourth-order valence-corrected chi connectivity index (χ4v) is 5.06. The van der Waals surface area contributed by atoms with Crippen LogP contribution in [0, 0.1) is 0 Å². The van der Waals surface area contributed by atoms with Crippen molar-refractivity contribution in [1.29, 1.82) is 0 Å². The average molecular weight is 451 g/mol. The standard InChI is InChI=1S/C24H27ClN6O/c1-2-22(32)28-16-13-31(14-16)17-7-5-6-15(10-17)29-24-27-12-20(25)23(30-24)19-11-26-21-9-4-3-8-18(19)21/h2-4,8-9,11-12,15-17,26H,1,5-7,10,13-14H2,(H,28,32)(H,27,29,30)/t15-,17?/m1/s1. The fourth-order valence-electron chi connectivity index (χ4n) is 4.86. The number of hydrogen-bond donors (Lipinski definition) is 3. The summed E-state index contributed by atoms with van der Waals surface area (Å²) in [6.07, 6.45) is 9.43. The van der Waals surface area contributed by atoms with Crippen LogP contribution in [0.3, 0.4) is 0 Å². The Hall–Kier alpha value is -2.90. The highest BCUT2D eigenvalue weighted by Gasteiger charge is 2.35. The predicted molar refractivity (Wildman–Crippen MR) is 128 cm³/mol. The van der Waals surface area contributed by atoms with Crippen LogP contribution in [0.15, 0.2) is 49.3 Å². The van der Waals surface area contributed by atoms with E-state index in [-0.39, 0.29) is 11.9 Å². The predicted octanol–water partition coefficient (Wildman–Crippen LogP) is 3.99. The topological polar surface area (TPSA) is 85.9 Å². The van der Waals surface area contributed by atoms with Gasteiger partial charge in [0.05, 0.1) is 23.0 Å². The zero-order valence-electron chi connectivity index (χ0n) is 17.9. The van der Waals surface area contributed by atoms with Gasteiger partial charge in [0.25, 0.3) is 0 Å². The minimum Gasteiger partial charge on any atom is -0.360 e. The van der Waals surface area contributed by atoms with Crippen LogP contribution in [0.5, 0.6) is 0 Å². The Morgan fingerprint density at radius 3 is 2.94 bits per heavy atom. The normalized spacial score (nSPS) is 21.8. The number of H-pyrrole nitrogens is 1. The first-order valence-corrected chi connectivity index (χ1v) is 11.5. The van der Waals surface area contributed by atoms with Gasteiger partial charge < -0.3 is 15.6 Å². The number of halogens is 1. The summed E-state index contributed by atoms with van der Waals surface area (Å²) >= 11 is 6.47. The van der Waals surface area contributed by atoms with Crippen LogP contribution in [0.2, 0.25) is 5.02 Å². The van der Waals surface area contributed by atoms with E-state index in [0.717, 1.165) is 54.5 Å². The summed E-state index contributed by atoms with van der Waals surface area (Å²) in [6.45, 7) is 5.32. The van der Waals surface area contributed by atoms with Crippen LogP contribution in [-0.2, 0) is 4.79 Å². The Bertz CT molecular complexity index is 1140. The molecule has 5 rings (SSSR count). The van der Waals surface area contributed by atoms with Gasteiger partial charge in [0.15, 0.2) is 0 Å². The van der Waals surface area contributed by atoms with Crippen LogP contribution < -0.4 is 10.6 Å². The number of amides is 1. The van der Waals surface area contributed by atoms with Gasteiger partial charge in [-0.2, -0.15) is 0 Å². The summed E-state index contributed by atoms with van der Waals surface area (Å²) in [5, 5.41) is 8.15. The van der Waals surface area contributed by atoms with Crippen LogP contribution in [0.4, 0.5) is 5.95 Å². The van der Waals surface area contributed by atoms with Crippen molar-refractivity contribution < 1.29 is 4.79 Å². The quantitative estimate of drug-likeness (QED) is 0.494. The van der Waals surface area contributed by atoms with E-state index in [1.807, 2.05) is 24.4 Å². The Morgan fingerprint density at radius 1 is 1.25 bits per heavy atom. The van der Waals surface area contributed by atoms with Crippen molar-refractivity contribution in [3.8, 4) is 11.3 Å². The maximum Gasteiger partial charge on any atom is 0.243 e. The van der Waals surface area contributed by atoms with Crippen LogP contribution in [0.25, 0.3) is 22.2 Å². The third-order valence-corrected chi connectivity index (χ3v) is 6.80. The molecule has 0 bridgehead atoms. The molecule has 0 spiro atoms. The first-order chi connectivity index (χ1) is 15.6. The van der Waals surface area contributed by atoms with E-state index in [4.69, 9.17) is 16.6 Å². The molecule has 8 heteroatoms. The molecule has 1 aromatic carbocycles. The zero-order valence-corrected chi connectivity index (χ0v) is 18.6. The number of hydrogen-bond acceptors (Lipinski definition) is 5. The molecule has 1 saturated carbocycles. The summed E-state index contributed by atoms with van der Waals surface area (Å²) in [5.41, 5.74) is 2.77. The highest BCUT2D eigenvalue weighted by atomic mass is 35.5. The molecule has 2 fully saturated rings. The maximum atomic E-state index is 11.5. The van der Waals surface area contributed by atoms with Crippen molar-refractivity contribution >= 4 is 34.4 Å². The second kappa shape index (κ2) is 8.92. The van der Waals surface area contributed by atoms with Gasteiger partial charge in [-0.3, -0.25) is 9.69 Å². The molecule has 0 radical (unpaired) electrons. The summed E-state index contributed by atoms with van der Waals surface area (Å²) in [7, 11) is 0. The number of likely N-dealkylation sites (tertiary alicyclic amines) is 1. The number of nitrogens with zero attached hydrogens (tertiary/aromatic N) is 3. The van der Waals surface area contributed by atoms with E-state index in [1.165, 1.54) is 12.5 Å². The second-order valence-electron chi connectivity index (χ2n) is 8.66. The first kappa shape index (κ1) is 21.0. The summed E-state index contributed by atoms with van der Waals surface area (Å²) < 4.78 is 0. The van der Waals surface area contributed by atoms with Crippen LogP contribution in [0.1, 0.15) is 25.7 Å². The molecule has 1 unspecified atom stereocenters. The van der Waals surface area contributed by atoms with E-state index in [0.29, 0.717) is 23.1 Å². The van der Waals surface area contributed by atoms with Gasteiger partial charge in [-0.25, -0.2) is 9.97 Å². The molecule has 166 valence electrons. The monoisotopic (exact) mass is 450 g/mol. The third-order valence-electron chi connectivity index (χ3n) is 6.53. The van der Waals surface area contributed by atoms with Crippen molar-refractivity contribution in [2.24, 2.45) is 0 Å². The molecule has 1 aliphatic heterocycles. The van der Waals surface area contributed by atoms with Crippen LogP contribution in [-0.4, -0.2) is 57.0 Å². The van der Waals surface area contributed by atoms with Gasteiger partial charge in [0.2, 0.25) is 11.9 Å². The first-order valence-electron chi connectivity index (χ1n) is 11.1. The molecule has 32 heavy (non-hydrogen) atoms. The molecular formula is C24H27ClN6O. The number of nitrogens with one attached hydrogen (secondary N) is 3. The molecule has 2 aliphatic rings. The number of rotatable bonds is 6. The Kier molecular flexibility index (Phi) is 5.85. The molecule has 3 aromatic rings. The SMILES string of the molecule is C=CC(=O)NC1CN(C2CCC[C@@H](Nc3ncc(Cl)c(-c4c[nH]c5ccccc45)n3)C2)C1. The smallest absolute Gasteiger partial charge is 0.243 e. The minimum absolute atomic E-state index is 0.0938. The summed E-state index contributed by atoms with van der Waals surface area (Å²) in [4.78, 5) is 26.4.